The summed E-state index contributed by atoms with van der Waals surface area (Å²) in [6.45, 7) is 10.3. The summed E-state index contributed by atoms with van der Waals surface area (Å²) in [5, 5.41) is 5.68. The Morgan fingerprint density at radius 2 is 1.94 bits per heavy atom. The van der Waals surface area contributed by atoms with Gasteiger partial charge in [0.1, 0.15) is 0 Å². The number of piperidine rings is 1. The number of carbonyl (C=O) groups is 1. The Bertz CT molecular complexity index is 210. The number of urea groups is 1. The molecule has 0 aromatic carbocycles. The number of likely N-dealkylation sites (tertiary alicyclic amines) is 1. The standard InChI is InChI=1S/C12H25N3O/c1-4-13-12(16)14-9-11-5-7-15(8-6-11)10(2)3/h10-11H,4-9H2,1-3H3,(H2,13,14,16). The van der Waals surface area contributed by atoms with E-state index < -0.39 is 0 Å². The highest BCUT2D eigenvalue weighted by Gasteiger charge is 2.20. The van der Waals surface area contributed by atoms with Gasteiger partial charge in [0.25, 0.3) is 0 Å². The third kappa shape index (κ3) is 4.39. The quantitative estimate of drug-likeness (QED) is 0.763. The van der Waals surface area contributed by atoms with E-state index in [2.05, 4.69) is 29.4 Å². The molecular weight excluding hydrogens is 202 g/mol. The van der Waals surface area contributed by atoms with Gasteiger partial charge in [0.05, 0.1) is 0 Å². The van der Waals surface area contributed by atoms with Gasteiger partial charge in [0.15, 0.2) is 0 Å². The van der Waals surface area contributed by atoms with Gasteiger partial charge in [-0.2, -0.15) is 0 Å². The van der Waals surface area contributed by atoms with Crippen molar-refractivity contribution in [1.82, 2.24) is 15.5 Å². The van der Waals surface area contributed by atoms with Crippen molar-refractivity contribution >= 4 is 6.03 Å². The zero-order valence-corrected chi connectivity index (χ0v) is 10.8. The van der Waals surface area contributed by atoms with Crippen molar-refractivity contribution in [3.63, 3.8) is 0 Å². The molecule has 1 aliphatic heterocycles. The van der Waals surface area contributed by atoms with E-state index in [0.717, 1.165) is 6.54 Å². The number of hydrogen-bond donors (Lipinski definition) is 2. The summed E-state index contributed by atoms with van der Waals surface area (Å²) in [7, 11) is 0. The summed E-state index contributed by atoms with van der Waals surface area (Å²) in [5.41, 5.74) is 0. The average Bonchev–Trinajstić information content (AvgIpc) is 2.27. The molecular formula is C12H25N3O. The summed E-state index contributed by atoms with van der Waals surface area (Å²) in [4.78, 5) is 13.7. The smallest absolute Gasteiger partial charge is 0.314 e. The first-order valence-corrected chi connectivity index (χ1v) is 6.39. The van der Waals surface area contributed by atoms with Gasteiger partial charge in [-0.25, -0.2) is 4.79 Å². The number of hydrogen-bond acceptors (Lipinski definition) is 2. The Morgan fingerprint density at radius 3 is 2.44 bits per heavy atom. The molecule has 4 heteroatoms. The summed E-state index contributed by atoms with van der Waals surface area (Å²) in [6.07, 6.45) is 2.40. The van der Waals surface area contributed by atoms with Gasteiger partial charge in [0.2, 0.25) is 0 Å². The van der Waals surface area contributed by atoms with E-state index in [-0.39, 0.29) is 6.03 Å². The van der Waals surface area contributed by atoms with Gasteiger partial charge in [-0.1, -0.05) is 0 Å². The molecule has 0 bridgehead atoms. The van der Waals surface area contributed by atoms with Gasteiger partial charge >= 0.3 is 6.03 Å². The summed E-state index contributed by atoms with van der Waals surface area (Å²) < 4.78 is 0. The number of amides is 2. The first-order valence-electron chi connectivity index (χ1n) is 6.39. The molecule has 4 nitrogen and oxygen atoms in total. The molecule has 0 unspecified atom stereocenters. The van der Waals surface area contributed by atoms with E-state index in [0.29, 0.717) is 18.5 Å². The maximum atomic E-state index is 11.2. The van der Waals surface area contributed by atoms with Crippen molar-refractivity contribution in [3.8, 4) is 0 Å². The third-order valence-electron chi connectivity index (χ3n) is 3.27. The van der Waals surface area contributed by atoms with E-state index >= 15 is 0 Å². The van der Waals surface area contributed by atoms with Crippen LogP contribution in [0.2, 0.25) is 0 Å². The lowest BCUT2D eigenvalue weighted by Gasteiger charge is -2.34. The van der Waals surface area contributed by atoms with Gasteiger partial charge in [-0.15, -0.1) is 0 Å². The normalized spacial score (nSPS) is 18.8. The zero-order valence-electron chi connectivity index (χ0n) is 10.8. The number of rotatable bonds is 4. The van der Waals surface area contributed by atoms with Crippen LogP contribution >= 0.6 is 0 Å². The first-order chi connectivity index (χ1) is 7.63. The molecule has 0 radical (unpaired) electrons. The molecule has 2 N–H and O–H groups in total. The van der Waals surface area contributed by atoms with Crippen LogP contribution in [0.25, 0.3) is 0 Å². The highest BCUT2D eigenvalue weighted by atomic mass is 16.2. The van der Waals surface area contributed by atoms with Gasteiger partial charge in [0, 0.05) is 19.1 Å². The second kappa shape index (κ2) is 6.74. The fourth-order valence-electron chi connectivity index (χ4n) is 2.13. The van der Waals surface area contributed by atoms with E-state index in [1.54, 1.807) is 0 Å². The second-order valence-corrected chi connectivity index (χ2v) is 4.81. The van der Waals surface area contributed by atoms with Crippen LogP contribution in [0, 0.1) is 5.92 Å². The molecule has 0 atom stereocenters. The number of nitrogens with zero attached hydrogens (tertiary/aromatic N) is 1. The molecule has 0 aliphatic carbocycles. The second-order valence-electron chi connectivity index (χ2n) is 4.81. The van der Waals surface area contributed by atoms with E-state index in [1.807, 2.05) is 6.92 Å². The van der Waals surface area contributed by atoms with E-state index in [4.69, 9.17) is 0 Å². The minimum Gasteiger partial charge on any atom is -0.338 e. The minimum atomic E-state index is -0.0335. The lowest BCUT2D eigenvalue weighted by Crippen LogP contribution is -2.43. The Balaban J connectivity index is 2.15. The maximum Gasteiger partial charge on any atom is 0.314 e. The SMILES string of the molecule is CCNC(=O)NCC1CCN(C(C)C)CC1. The van der Waals surface area contributed by atoms with E-state index in [9.17, 15) is 4.79 Å². The summed E-state index contributed by atoms with van der Waals surface area (Å²) in [6, 6.07) is 0.617. The molecule has 1 fully saturated rings. The maximum absolute atomic E-state index is 11.2. The minimum absolute atomic E-state index is 0.0335. The Morgan fingerprint density at radius 1 is 1.31 bits per heavy atom. The first kappa shape index (κ1) is 13.3. The van der Waals surface area contributed by atoms with Crippen LogP contribution in [0.4, 0.5) is 4.79 Å². The van der Waals surface area contributed by atoms with Crippen LogP contribution in [0.1, 0.15) is 33.6 Å². The summed E-state index contributed by atoms with van der Waals surface area (Å²) in [5.74, 6) is 0.651. The topological polar surface area (TPSA) is 44.4 Å². The van der Waals surface area contributed by atoms with Crippen LogP contribution in [0.5, 0.6) is 0 Å². The predicted octanol–water partition coefficient (Wildman–Crippen LogP) is 1.43. The predicted molar refractivity (Wildman–Crippen MR) is 66.5 cm³/mol. The van der Waals surface area contributed by atoms with Crippen LogP contribution in [0.15, 0.2) is 0 Å². The van der Waals surface area contributed by atoms with Crippen molar-refractivity contribution in [2.24, 2.45) is 5.92 Å². The van der Waals surface area contributed by atoms with Crippen molar-refractivity contribution < 1.29 is 4.79 Å². The third-order valence-corrected chi connectivity index (χ3v) is 3.27. The lowest BCUT2D eigenvalue weighted by molar-refractivity contribution is 0.148. The monoisotopic (exact) mass is 227 g/mol. The Labute approximate surface area is 98.8 Å². The molecule has 16 heavy (non-hydrogen) atoms. The van der Waals surface area contributed by atoms with Gasteiger partial charge in [-0.05, 0) is 52.6 Å². The molecule has 0 aromatic heterocycles. The molecule has 2 amide bonds. The Kier molecular flexibility index (Phi) is 5.60. The van der Waals surface area contributed by atoms with Crippen LogP contribution in [-0.4, -0.2) is 43.2 Å². The zero-order chi connectivity index (χ0) is 12.0. The fourth-order valence-corrected chi connectivity index (χ4v) is 2.13. The highest BCUT2D eigenvalue weighted by molar-refractivity contribution is 5.73. The summed E-state index contributed by atoms with van der Waals surface area (Å²) >= 11 is 0. The van der Waals surface area contributed by atoms with Crippen molar-refractivity contribution in [1.29, 1.82) is 0 Å². The molecule has 0 saturated carbocycles. The highest BCUT2D eigenvalue weighted by Crippen LogP contribution is 2.17. The van der Waals surface area contributed by atoms with Crippen LogP contribution in [-0.2, 0) is 0 Å². The molecule has 0 aromatic rings. The van der Waals surface area contributed by atoms with Crippen molar-refractivity contribution in [2.75, 3.05) is 26.2 Å². The van der Waals surface area contributed by atoms with Crippen molar-refractivity contribution in [2.45, 2.75) is 39.7 Å². The van der Waals surface area contributed by atoms with Crippen LogP contribution < -0.4 is 10.6 Å². The van der Waals surface area contributed by atoms with E-state index in [1.165, 1.54) is 25.9 Å². The van der Waals surface area contributed by atoms with Crippen molar-refractivity contribution in [3.05, 3.63) is 0 Å². The number of nitrogens with one attached hydrogen (secondary N) is 2. The largest absolute Gasteiger partial charge is 0.338 e. The van der Waals surface area contributed by atoms with Crippen LogP contribution in [0.3, 0.4) is 0 Å². The molecule has 94 valence electrons. The molecule has 1 aliphatic rings. The fraction of sp³-hybridized carbons (Fsp3) is 0.917. The Hall–Kier alpha value is -0.770. The number of carbonyl (C=O) groups excluding carboxylic acids is 1. The molecule has 1 rings (SSSR count). The average molecular weight is 227 g/mol. The molecule has 1 heterocycles. The lowest BCUT2D eigenvalue weighted by atomic mass is 9.96. The van der Waals surface area contributed by atoms with Gasteiger partial charge < -0.3 is 15.5 Å². The molecule has 1 saturated heterocycles. The van der Waals surface area contributed by atoms with Gasteiger partial charge in [-0.3, -0.25) is 0 Å². The molecule has 0 spiro atoms.